The first-order chi connectivity index (χ1) is 15.9. The number of hydrogen-bond donors (Lipinski definition) is 2. The molecule has 2 aromatic carbocycles. The van der Waals surface area contributed by atoms with Crippen molar-refractivity contribution in [3.8, 4) is 16.9 Å². The fraction of sp³-hybridized carbons (Fsp3) is 0.0833. The van der Waals surface area contributed by atoms with Gasteiger partial charge in [-0.25, -0.2) is 9.67 Å². The quantitative estimate of drug-likeness (QED) is 0.366. The van der Waals surface area contributed by atoms with Crippen LogP contribution in [0.25, 0.3) is 27.8 Å². The number of carbonyl (C=O) groups excluding carboxylic acids is 1. The molecule has 3 heterocycles. The van der Waals surface area contributed by atoms with E-state index in [0.29, 0.717) is 21.5 Å². The lowest BCUT2D eigenvalue weighted by atomic mass is 10.1. The maximum absolute atomic E-state index is 12.9. The number of thiazole rings is 1. The van der Waals surface area contributed by atoms with Crippen LogP contribution in [0.5, 0.6) is 0 Å². The number of fused-ring (bicyclic) bond motifs is 1. The molecule has 1 amide bonds. The molecule has 5 rings (SSSR count). The largest absolute Gasteiger partial charge is 0.358 e. The minimum atomic E-state index is -0.627. The first kappa shape index (κ1) is 21.1. The summed E-state index contributed by atoms with van der Waals surface area (Å²) >= 11 is 7.57. The summed E-state index contributed by atoms with van der Waals surface area (Å²) < 4.78 is 1.49. The van der Waals surface area contributed by atoms with Crippen molar-refractivity contribution < 1.29 is 4.79 Å². The highest BCUT2D eigenvalue weighted by Crippen LogP contribution is 2.33. The van der Waals surface area contributed by atoms with Crippen molar-refractivity contribution in [3.05, 3.63) is 92.3 Å². The first-order valence-electron chi connectivity index (χ1n) is 10.1. The number of aromatic amines is 1. The summed E-state index contributed by atoms with van der Waals surface area (Å²) in [4.78, 5) is 33.4. The number of carbonyl (C=O) groups is 1. The van der Waals surface area contributed by atoms with Crippen LogP contribution in [0.4, 0.5) is 5.13 Å². The van der Waals surface area contributed by atoms with E-state index >= 15 is 0 Å². The molecule has 0 unspecified atom stereocenters. The summed E-state index contributed by atoms with van der Waals surface area (Å²) in [5.41, 5.74) is 4.17. The van der Waals surface area contributed by atoms with Crippen molar-refractivity contribution in [1.29, 1.82) is 0 Å². The molecule has 0 radical (unpaired) electrons. The molecule has 3 aromatic heterocycles. The zero-order valence-electron chi connectivity index (χ0n) is 17.7. The van der Waals surface area contributed by atoms with Gasteiger partial charge in [-0.3, -0.25) is 14.9 Å². The molecule has 0 aliphatic carbocycles. The zero-order chi connectivity index (χ0) is 23.1. The Hall–Kier alpha value is -3.75. The Bertz CT molecular complexity index is 1580. The number of hydrogen-bond acceptors (Lipinski definition) is 5. The van der Waals surface area contributed by atoms with Crippen LogP contribution in [-0.2, 0) is 0 Å². The Morgan fingerprint density at radius 3 is 2.70 bits per heavy atom. The van der Waals surface area contributed by atoms with Crippen LogP contribution < -0.4 is 10.7 Å². The number of halogens is 1. The number of amides is 1. The van der Waals surface area contributed by atoms with Crippen LogP contribution in [-0.4, -0.2) is 25.7 Å². The molecule has 0 fully saturated rings. The summed E-state index contributed by atoms with van der Waals surface area (Å²) in [6, 6.07) is 16.4. The molecule has 0 saturated carbocycles. The molecule has 0 aliphatic rings. The average Bonchev–Trinajstić information content (AvgIpc) is 3.37. The second-order valence-electron chi connectivity index (χ2n) is 7.52. The maximum atomic E-state index is 12.9. The van der Waals surface area contributed by atoms with Crippen molar-refractivity contribution in [3.63, 3.8) is 0 Å². The Morgan fingerprint density at radius 2 is 1.88 bits per heavy atom. The third-order valence-electron chi connectivity index (χ3n) is 5.28. The number of H-pyrrole nitrogens is 1. The molecule has 0 saturated heterocycles. The van der Waals surface area contributed by atoms with E-state index in [1.807, 2.05) is 42.6 Å². The lowest BCUT2D eigenvalue weighted by molar-refractivity contribution is 0.101. The van der Waals surface area contributed by atoms with Crippen LogP contribution in [0, 0.1) is 13.8 Å². The van der Waals surface area contributed by atoms with E-state index in [1.165, 1.54) is 22.1 Å². The second-order valence-corrected chi connectivity index (χ2v) is 8.79. The number of para-hydroxylation sites is 2. The van der Waals surface area contributed by atoms with Crippen LogP contribution >= 0.6 is 22.9 Å². The molecule has 0 spiro atoms. The van der Waals surface area contributed by atoms with Gasteiger partial charge in [0, 0.05) is 39.3 Å². The maximum Gasteiger partial charge on any atom is 0.281 e. The van der Waals surface area contributed by atoms with E-state index in [1.54, 1.807) is 25.1 Å². The monoisotopic (exact) mass is 475 g/mol. The molecule has 0 aliphatic heterocycles. The normalized spacial score (nSPS) is 11.1. The standard InChI is InChI=1S/C24H18ClN5O2S/c1-13-11-20(31)22(29-30(13)19-10-6-4-8-16(19)25)23(32)28-24-27-18(12-33-24)21-14(2)26-17-9-5-3-7-15(17)21/h3-12,26H,1-2H3,(H,27,28,32). The number of aryl methyl sites for hydroxylation is 2. The van der Waals surface area contributed by atoms with Crippen molar-refractivity contribution in [2.75, 3.05) is 5.32 Å². The summed E-state index contributed by atoms with van der Waals surface area (Å²) in [7, 11) is 0. The Morgan fingerprint density at radius 1 is 1.12 bits per heavy atom. The van der Waals surface area contributed by atoms with E-state index in [4.69, 9.17) is 11.6 Å². The molecular weight excluding hydrogens is 458 g/mol. The summed E-state index contributed by atoms with van der Waals surface area (Å²) in [5.74, 6) is -0.627. The number of benzene rings is 2. The van der Waals surface area contributed by atoms with Gasteiger partial charge in [0.25, 0.3) is 5.91 Å². The molecule has 7 nitrogen and oxygen atoms in total. The van der Waals surface area contributed by atoms with Gasteiger partial charge in [0.2, 0.25) is 5.43 Å². The lowest BCUT2D eigenvalue weighted by Crippen LogP contribution is -2.27. The fourth-order valence-electron chi connectivity index (χ4n) is 3.78. The number of nitrogens with one attached hydrogen (secondary N) is 2. The number of aromatic nitrogens is 4. The topological polar surface area (TPSA) is 92.7 Å². The SMILES string of the molecule is Cc1[nH]c2ccccc2c1-c1csc(NC(=O)c2nn(-c3ccccc3Cl)c(C)cc2=O)n1. The van der Waals surface area contributed by atoms with Crippen molar-refractivity contribution in [2.24, 2.45) is 0 Å². The van der Waals surface area contributed by atoms with E-state index < -0.39 is 11.3 Å². The highest BCUT2D eigenvalue weighted by atomic mass is 35.5. The smallest absolute Gasteiger partial charge is 0.281 e. The summed E-state index contributed by atoms with van der Waals surface area (Å²) in [6.07, 6.45) is 0. The van der Waals surface area contributed by atoms with E-state index in [0.717, 1.165) is 27.9 Å². The molecule has 9 heteroatoms. The van der Waals surface area contributed by atoms with Gasteiger partial charge in [0.05, 0.1) is 16.4 Å². The van der Waals surface area contributed by atoms with Crippen molar-refractivity contribution in [2.45, 2.75) is 13.8 Å². The third kappa shape index (κ3) is 3.83. The predicted octanol–water partition coefficient (Wildman–Crippen LogP) is 5.36. The molecule has 0 atom stereocenters. The molecule has 2 N–H and O–H groups in total. The molecular formula is C24H18ClN5O2S. The van der Waals surface area contributed by atoms with Crippen LogP contribution in [0.1, 0.15) is 21.9 Å². The summed E-state index contributed by atoms with van der Waals surface area (Å²) in [6.45, 7) is 3.72. The highest BCUT2D eigenvalue weighted by molar-refractivity contribution is 7.14. The van der Waals surface area contributed by atoms with Gasteiger partial charge in [0.15, 0.2) is 10.8 Å². The molecule has 5 aromatic rings. The van der Waals surface area contributed by atoms with Crippen molar-refractivity contribution in [1.82, 2.24) is 19.7 Å². The predicted molar refractivity (Wildman–Crippen MR) is 132 cm³/mol. The van der Waals surface area contributed by atoms with E-state index in [9.17, 15) is 9.59 Å². The van der Waals surface area contributed by atoms with Gasteiger partial charge in [-0.05, 0) is 32.0 Å². The van der Waals surface area contributed by atoms with Gasteiger partial charge in [-0.2, -0.15) is 5.10 Å². The number of rotatable bonds is 4. The van der Waals surface area contributed by atoms with Gasteiger partial charge in [-0.15, -0.1) is 11.3 Å². The zero-order valence-corrected chi connectivity index (χ0v) is 19.3. The van der Waals surface area contributed by atoms with Crippen molar-refractivity contribution >= 4 is 44.9 Å². The minimum Gasteiger partial charge on any atom is -0.358 e. The minimum absolute atomic E-state index is 0.236. The van der Waals surface area contributed by atoms with Gasteiger partial charge >= 0.3 is 0 Å². The van der Waals surface area contributed by atoms with Crippen LogP contribution in [0.3, 0.4) is 0 Å². The van der Waals surface area contributed by atoms with Crippen LogP contribution in [0.15, 0.2) is 64.8 Å². The number of anilines is 1. The van der Waals surface area contributed by atoms with E-state index in [2.05, 4.69) is 20.4 Å². The molecule has 164 valence electrons. The summed E-state index contributed by atoms with van der Waals surface area (Å²) in [5, 5.41) is 10.8. The van der Waals surface area contributed by atoms with Gasteiger partial charge in [0.1, 0.15) is 0 Å². The van der Waals surface area contributed by atoms with E-state index in [-0.39, 0.29) is 5.69 Å². The first-order valence-corrected chi connectivity index (χ1v) is 11.4. The van der Waals surface area contributed by atoms with Gasteiger partial charge < -0.3 is 4.98 Å². The number of nitrogens with zero attached hydrogens (tertiary/aromatic N) is 3. The Kier molecular flexibility index (Phi) is 5.32. The third-order valence-corrected chi connectivity index (χ3v) is 6.35. The van der Waals surface area contributed by atoms with Crippen LogP contribution in [0.2, 0.25) is 5.02 Å². The molecule has 33 heavy (non-hydrogen) atoms. The Labute approximate surface area is 197 Å². The van der Waals surface area contributed by atoms with Gasteiger partial charge in [-0.1, -0.05) is 41.9 Å². The average molecular weight is 476 g/mol. The lowest BCUT2D eigenvalue weighted by Gasteiger charge is -2.12. The fourth-order valence-corrected chi connectivity index (χ4v) is 4.69. The highest BCUT2D eigenvalue weighted by Gasteiger charge is 2.19. The second kappa shape index (κ2) is 8.31. The Balaban J connectivity index is 1.47. The molecule has 0 bridgehead atoms.